The summed E-state index contributed by atoms with van der Waals surface area (Å²) < 4.78 is 1.82. The first-order valence-corrected chi connectivity index (χ1v) is 7.62. The molecular weight excluding hydrogens is 280 g/mol. The minimum atomic E-state index is 0.221. The molecule has 0 unspecified atom stereocenters. The molecule has 0 amide bonds. The number of hydrogen-bond donors (Lipinski definition) is 1. The summed E-state index contributed by atoms with van der Waals surface area (Å²) in [6.45, 7) is 4.48. The zero-order valence-electron chi connectivity index (χ0n) is 11.1. The molecule has 0 radical (unpaired) electrons. The van der Waals surface area contributed by atoms with E-state index in [0.29, 0.717) is 17.3 Å². The van der Waals surface area contributed by atoms with Crippen molar-refractivity contribution in [3.05, 3.63) is 40.5 Å². The Balaban J connectivity index is 2.31. The zero-order chi connectivity index (χ0) is 13.8. The fourth-order valence-electron chi connectivity index (χ4n) is 1.78. The van der Waals surface area contributed by atoms with E-state index in [1.54, 1.807) is 11.8 Å². The summed E-state index contributed by atoms with van der Waals surface area (Å²) in [5.41, 5.74) is 1.64. The maximum atomic E-state index is 10.1. The van der Waals surface area contributed by atoms with E-state index in [-0.39, 0.29) is 5.88 Å². The van der Waals surface area contributed by atoms with Crippen LogP contribution in [0.1, 0.15) is 24.6 Å². The van der Waals surface area contributed by atoms with Gasteiger partial charge in [-0.1, -0.05) is 48.5 Å². The van der Waals surface area contributed by atoms with Crippen molar-refractivity contribution in [2.24, 2.45) is 0 Å². The topological polar surface area (TPSA) is 38.1 Å². The van der Waals surface area contributed by atoms with Crippen LogP contribution >= 0.6 is 23.4 Å². The van der Waals surface area contributed by atoms with Crippen molar-refractivity contribution in [2.75, 3.05) is 5.75 Å². The number of imidazole rings is 1. The van der Waals surface area contributed by atoms with Crippen LogP contribution in [0.15, 0.2) is 29.4 Å². The van der Waals surface area contributed by atoms with E-state index in [4.69, 9.17) is 11.6 Å². The largest absolute Gasteiger partial charge is 0.493 e. The highest BCUT2D eigenvalue weighted by Crippen LogP contribution is 2.28. The van der Waals surface area contributed by atoms with Crippen molar-refractivity contribution in [1.82, 2.24) is 9.55 Å². The number of benzene rings is 1. The second-order valence-electron chi connectivity index (χ2n) is 4.33. The second-order valence-corrected chi connectivity index (χ2v) is 5.80. The molecule has 0 saturated heterocycles. The van der Waals surface area contributed by atoms with Crippen molar-refractivity contribution in [3.8, 4) is 5.88 Å². The van der Waals surface area contributed by atoms with E-state index in [1.807, 2.05) is 35.8 Å². The number of aromatic nitrogens is 2. The molecule has 0 atom stereocenters. The average molecular weight is 297 g/mol. The number of aryl methyl sites for hydroxylation is 1. The van der Waals surface area contributed by atoms with Crippen LogP contribution in [0.3, 0.4) is 0 Å². The van der Waals surface area contributed by atoms with Crippen molar-refractivity contribution in [3.63, 3.8) is 0 Å². The normalized spacial score (nSPS) is 10.9. The third kappa shape index (κ3) is 3.25. The molecule has 1 N–H and O–H groups in total. The van der Waals surface area contributed by atoms with Gasteiger partial charge in [0.25, 0.3) is 0 Å². The van der Waals surface area contributed by atoms with E-state index in [9.17, 15) is 5.11 Å². The summed E-state index contributed by atoms with van der Waals surface area (Å²) in [4.78, 5) is 4.41. The maximum Gasteiger partial charge on any atom is 0.215 e. The van der Waals surface area contributed by atoms with Gasteiger partial charge in [-0.3, -0.25) is 4.57 Å². The van der Waals surface area contributed by atoms with E-state index >= 15 is 0 Å². The zero-order valence-corrected chi connectivity index (χ0v) is 12.6. The fourth-order valence-corrected chi connectivity index (χ4v) is 2.87. The molecule has 1 aromatic heterocycles. The molecule has 19 heavy (non-hydrogen) atoms. The van der Waals surface area contributed by atoms with Gasteiger partial charge in [0.05, 0.1) is 6.54 Å². The summed E-state index contributed by atoms with van der Waals surface area (Å²) in [5.74, 6) is 1.21. The summed E-state index contributed by atoms with van der Waals surface area (Å²) in [5, 5.41) is 11.7. The van der Waals surface area contributed by atoms with Crippen LogP contribution in [-0.4, -0.2) is 20.4 Å². The minimum absolute atomic E-state index is 0.221. The predicted octanol–water partition coefficient (Wildman–Crippen LogP) is 4.10. The molecule has 3 nitrogen and oxygen atoms in total. The molecule has 0 bridgehead atoms. The van der Waals surface area contributed by atoms with Crippen molar-refractivity contribution < 1.29 is 5.11 Å². The van der Waals surface area contributed by atoms with Gasteiger partial charge < -0.3 is 5.11 Å². The molecule has 0 aliphatic heterocycles. The molecule has 1 heterocycles. The molecule has 0 spiro atoms. The fraction of sp³-hybridized carbons (Fsp3) is 0.357. The van der Waals surface area contributed by atoms with Crippen LogP contribution in [0.25, 0.3) is 0 Å². The van der Waals surface area contributed by atoms with Gasteiger partial charge in [-0.2, -0.15) is 0 Å². The molecule has 0 saturated carbocycles. The monoisotopic (exact) mass is 296 g/mol. The molecule has 2 aromatic rings. The lowest BCUT2D eigenvalue weighted by Gasteiger charge is -2.09. The molecule has 1 aromatic carbocycles. The van der Waals surface area contributed by atoms with Crippen LogP contribution < -0.4 is 0 Å². The third-order valence-electron chi connectivity index (χ3n) is 2.80. The Kier molecular flexibility index (Phi) is 4.77. The highest BCUT2D eigenvalue weighted by atomic mass is 35.5. The Bertz CT molecular complexity index is 569. The Morgan fingerprint density at radius 1 is 1.37 bits per heavy atom. The Hall–Kier alpha value is -1.13. The highest BCUT2D eigenvalue weighted by molar-refractivity contribution is 7.99. The first-order chi connectivity index (χ1) is 9.13. The first kappa shape index (κ1) is 14.3. The first-order valence-electron chi connectivity index (χ1n) is 6.25. The molecule has 0 fully saturated rings. The third-order valence-corrected chi connectivity index (χ3v) is 4.35. The minimum Gasteiger partial charge on any atom is -0.493 e. The number of rotatable bonds is 5. The average Bonchev–Trinajstić information content (AvgIpc) is 2.66. The number of hydrogen-bond acceptors (Lipinski definition) is 3. The van der Waals surface area contributed by atoms with Gasteiger partial charge in [-0.05, 0) is 25.0 Å². The quantitative estimate of drug-likeness (QED) is 0.844. The lowest BCUT2D eigenvalue weighted by molar-refractivity contribution is 0.413. The van der Waals surface area contributed by atoms with Gasteiger partial charge in [-0.25, -0.2) is 4.98 Å². The molecule has 2 rings (SSSR count). The van der Waals surface area contributed by atoms with E-state index < -0.39 is 0 Å². The lowest BCUT2D eigenvalue weighted by Crippen LogP contribution is -2.02. The van der Waals surface area contributed by atoms with Crippen LogP contribution in [0, 0.1) is 6.92 Å². The Morgan fingerprint density at radius 3 is 2.79 bits per heavy atom. The summed E-state index contributed by atoms with van der Waals surface area (Å²) in [6.07, 6.45) is 1.07. The van der Waals surface area contributed by atoms with Gasteiger partial charge in [0.15, 0.2) is 5.16 Å². The van der Waals surface area contributed by atoms with Crippen LogP contribution in [0.5, 0.6) is 5.88 Å². The van der Waals surface area contributed by atoms with Crippen LogP contribution in [0.4, 0.5) is 0 Å². The molecule has 0 aliphatic rings. The number of nitrogens with zero attached hydrogens (tertiary/aromatic N) is 2. The number of halogens is 1. The standard InChI is InChI=1S/C14H17ClN2OS/c1-3-8-19-14-16-10(2)13(18)17(14)9-11-6-4-5-7-12(11)15/h4-7,18H,3,8-9H2,1-2H3. The van der Waals surface area contributed by atoms with Crippen molar-refractivity contribution in [2.45, 2.75) is 32.0 Å². The van der Waals surface area contributed by atoms with Crippen LogP contribution in [-0.2, 0) is 6.54 Å². The second kappa shape index (κ2) is 6.35. The molecule has 5 heteroatoms. The smallest absolute Gasteiger partial charge is 0.215 e. The summed E-state index contributed by atoms with van der Waals surface area (Å²) in [7, 11) is 0. The van der Waals surface area contributed by atoms with Gasteiger partial charge >= 0.3 is 0 Å². The molecular formula is C14H17ClN2OS. The number of aromatic hydroxyl groups is 1. The maximum absolute atomic E-state index is 10.1. The SMILES string of the molecule is CCCSc1nc(C)c(O)n1Cc1ccccc1Cl. The van der Waals surface area contributed by atoms with Crippen LogP contribution in [0.2, 0.25) is 5.02 Å². The molecule has 0 aliphatic carbocycles. The van der Waals surface area contributed by atoms with Gasteiger partial charge in [0.1, 0.15) is 5.69 Å². The van der Waals surface area contributed by atoms with Crippen molar-refractivity contribution in [1.29, 1.82) is 0 Å². The van der Waals surface area contributed by atoms with E-state index in [1.165, 1.54) is 0 Å². The van der Waals surface area contributed by atoms with E-state index in [2.05, 4.69) is 11.9 Å². The Morgan fingerprint density at radius 2 is 2.11 bits per heavy atom. The summed E-state index contributed by atoms with van der Waals surface area (Å²) in [6, 6.07) is 7.67. The Labute approximate surface area is 122 Å². The van der Waals surface area contributed by atoms with Gasteiger partial charge in [0.2, 0.25) is 5.88 Å². The van der Waals surface area contributed by atoms with Gasteiger partial charge in [-0.15, -0.1) is 0 Å². The van der Waals surface area contributed by atoms with Crippen molar-refractivity contribution >= 4 is 23.4 Å². The lowest BCUT2D eigenvalue weighted by atomic mass is 10.2. The molecule has 102 valence electrons. The van der Waals surface area contributed by atoms with E-state index in [0.717, 1.165) is 22.9 Å². The predicted molar refractivity (Wildman–Crippen MR) is 80.2 cm³/mol. The van der Waals surface area contributed by atoms with Gasteiger partial charge in [0, 0.05) is 10.8 Å². The number of thioether (sulfide) groups is 1. The summed E-state index contributed by atoms with van der Waals surface area (Å²) >= 11 is 7.82. The highest BCUT2D eigenvalue weighted by Gasteiger charge is 2.14.